The SMILES string of the molecule is COc1ccccc1-c1nn(-c2ccc(F)cc2)c(OC(C)=O)c1-c1ccc(NC(C)=O)cc1. The molecule has 34 heavy (non-hydrogen) atoms. The normalized spacial score (nSPS) is 10.6. The van der Waals surface area contributed by atoms with E-state index in [4.69, 9.17) is 14.6 Å². The summed E-state index contributed by atoms with van der Waals surface area (Å²) in [5.74, 6) is -0.370. The van der Waals surface area contributed by atoms with Crippen LogP contribution in [0.25, 0.3) is 28.1 Å². The van der Waals surface area contributed by atoms with E-state index in [0.29, 0.717) is 39.5 Å². The van der Waals surface area contributed by atoms with Crippen molar-refractivity contribution in [3.8, 4) is 39.7 Å². The topological polar surface area (TPSA) is 82.4 Å². The highest BCUT2D eigenvalue weighted by atomic mass is 19.1. The first-order valence-electron chi connectivity index (χ1n) is 10.5. The largest absolute Gasteiger partial charge is 0.496 e. The van der Waals surface area contributed by atoms with Crippen LogP contribution in [0.15, 0.2) is 72.8 Å². The lowest BCUT2D eigenvalue weighted by Gasteiger charge is -2.11. The summed E-state index contributed by atoms with van der Waals surface area (Å²) in [5, 5.41) is 7.49. The molecule has 0 atom stereocenters. The van der Waals surface area contributed by atoms with Crippen LogP contribution in [0.1, 0.15) is 13.8 Å². The molecule has 0 aliphatic rings. The Kier molecular flexibility index (Phi) is 6.40. The number of halogens is 1. The average molecular weight is 459 g/mol. The van der Waals surface area contributed by atoms with E-state index in [9.17, 15) is 14.0 Å². The highest BCUT2D eigenvalue weighted by molar-refractivity contribution is 5.91. The van der Waals surface area contributed by atoms with Gasteiger partial charge in [-0.2, -0.15) is 9.78 Å². The van der Waals surface area contributed by atoms with Gasteiger partial charge in [0.2, 0.25) is 11.8 Å². The minimum atomic E-state index is -0.536. The van der Waals surface area contributed by atoms with Gasteiger partial charge in [0.15, 0.2) is 0 Å². The van der Waals surface area contributed by atoms with Crippen molar-refractivity contribution < 1.29 is 23.5 Å². The second kappa shape index (κ2) is 9.58. The molecule has 4 rings (SSSR count). The van der Waals surface area contributed by atoms with Crippen molar-refractivity contribution in [1.29, 1.82) is 0 Å². The maximum Gasteiger partial charge on any atom is 0.309 e. The maximum absolute atomic E-state index is 13.6. The van der Waals surface area contributed by atoms with Crippen molar-refractivity contribution in [3.63, 3.8) is 0 Å². The number of anilines is 1. The molecule has 0 saturated heterocycles. The number of carbonyl (C=O) groups is 2. The van der Waals surface area contributed by atoms with Crippen LogP contribution < -0.4 is 14.8 Å². The van der Waals surface area contributed by atoms with E-state index in [0.717, 1.165) is 0 Å². The summed E-state index contributed by atoms with van der Waals surface area (Å²) >= 11 is 0. The molecule has 0 radical (unpaired) electrons. The fourth-order valence-electron chi connectivity index (χ4n) is 3.60. The number of aromatic nitrogens is 2. The maximum atomic E-state index is 13.6. The average Bonchev–Trinajstić information content (AvgIpc) is 3.18. The molecule has 0 aliphatic carbocycles. The van der Waals surface area contributed by atoms with Crippen molar-refractivity contribution >= 4 is 17.6 Å². The fraction of sp³-hybridized carbons (Fsp3) is 0.115. The Labute approximate surface area is 195 Å². The van der Waals surface area contributed by atoms with Crippen LogP contribution in [0, 0.1) is 5.82 Å². The Balaban J connectivity index is 2.00. The molecule has 0 unspecified atom stereocenters. The quantitative estimate of drug-likeness (QED) is 0.399. The zero-order valence-corrected chi connectivity index (χ0v) is 18.8. The highest BCUT2D eigenvalue weighted by Crippen LogP contribution is 2.43. The summed E-state index contributed by atoms with van der Waals surface area (Å²) in [6.45, 7) is 2.73. The molecule has 1 heterocycles. The molecule has 7 nitrogen and oxygen atoms in total. The van der Waals surface area contributed by atoms with Crippen LogP contribution in [0.4, 0.5) is 10.1 Å². The Bertz CT molecular complexity index is 1350. The zero-order chi connectivity index (χ0) is 24.2. The van der Waals surface area contributed by atoms with Crippen LogP contribution in [0.5, 0.6) is 11.6 Å². The van der Waals surface area contributed by atoms with Gasteiger partial charge in [-0.05, 0) is 54.1 Å². The smallest absolute Gasteiger partial charge is 0.309 e. The third kappa shape index (κ3) is 4.66. The second-order valence-corrected chi connectivity index (χ2v) is 7.47. The molecule has 172 valence electrons. The third-order valence-corrected chi connectivity index (χ3v) is 5.01. The molecular weight excluding hydrogens is 437 g/mol. The van der Waals surface area contributed by atoms with Crippen molar-refractivity contribution in [2.24, 2.45) is 0 Å². The van der Waals surface area contributed by atoms with Gasteiger partial charge >= 0.3 is 5.97 Å². The lowest BCUT2D eigenvalue weighted by molar-refractivity contribution is -0.132. The number of carbonyl (C=O) groups excluding carboxylic acids is 2. The van der Waals surface area contributed by atoms with Gasteiger partial charge in [0.25, 0.3) is 0 Å². The number of rotatable bonds is 6. The van der Waals surface area contributed by atoms with E-state index in [2.05, 4.69) is 5.32 Å². The molecule has 0 spiro atoms. The molecule has 1 aromatic heterocycles. The van der Waals surface area contributed by atoms with E-state index in [1.807, 2.05) is 18.2 Å². The predicted octanol–water partition coefficient (Wildman–Crippen LogP) is 5.24. The van der Waals surface area contributed by atoms with Gasteiger partial charge in [0, 0.05) is 25.1 Å². The van der Waals surface area contributed by atoms with Gasteiger partial charge in [0.05, 0.1) is 18.4 Å². The van der Waals surface area contributed by atoms with Crippen molar-refractivity contribution in [1.82, 2.24) is 9.78 Å². The summed E-state index contributed by atoms with van der Waals surface area (Å²) in [6.07, 6.45) is 0. The van der Waals surface area contributed by atoms with Gasteiger partial charge in [-0.15, -0.1) is 0 Å². The number of esters is 1. The number of ether oxygens (including phenoxy) is 2. The standard InChI is InChI=1S/C26H22FN3O4/c1-16(31)28-20-12-8-18(9-13-20)24-25(22-6-4-5-7-23(22)33-3)29-30(26(24)34-17(2)32)21-14-10-19(27)11-15-21/h4-15H,1-3H3,(H,28,31). The Morgan fingerprint density at radius 1 is 0.941 bits per heavy atom. The van der Waals surface area contributed by atoms with E-state index in [1.165, 1.54) is 30.7 Å². The highest BCUT2D eigenvalue weighted by Gasteiger charge is 2.26. The Hall–Kier alpha value is -4.46. The summed E-state index contributed by atoms with van der Waals surface area (Å²) in [7, 11) is 1.56. The van der Waals surface area contributed by atoms with Crippen LogP contribution in [-0.2, 0) is 9.59 Å². The molecule has 1 N–H and O–H groups in total. The first kappa shape index (κ1) is 22.7. The molecule has 1 amide bonds. The van der Waals surface area contributed by atoms with Crippen molar-refractivity contribution in [2.75, 3.05) is 12.4 Å². The zero-order valence-electron chi connectivity index (χ0n) is 18.8. The number of para-hydroxylation sites is 1. The summed E-state index contributed by atoms with van der Waals surface area (Å²) in [4.78, 5) is 23.5. The van der Waals surface area contributed by atoms with E-state index < -0.39 is 11.8 Å². The molecular formula is C26H22FN3O4. The third-order valence-electron chi connectivity index (χ3n) is 5.01. The first-order valence-corrected chi connectivity index (χ1v) is 10.5. The molecule has 8 heteroatoms. The first-order chi connectivity index (χ1) is 16.4. The van der Waals surface area contributed by atoms with Gasteiger partial charge < -0.3 is 14.8 Å². The number of hydrogen-bond donors (Lipinski definition) is 1. The van der Waals surface area contributed by atoms with Gasteiger partial charge in [-0.3, -0.25) is 9.59 Å². The van der Waals surface area contributed by atoms with E-state index >= 15 is 0 Å². The van der Waals surface area contributed by atoms with Crippen molar-refractivity contribution in [3.05, 3.63) is 78.6 Å². The minimum absolute atomic E-state index is 0.173. The molecule has 4 aromatic rings. The Morgan fingerprint density at radius 3 is 2.24 bits per heavy atom. The molecule has 0 fully saturated rings. The van der Waals surface area contributed by atoms with Crippen LogP contribution >= 0.6 is 0 Å². The van der Waals surface area contributed by atoms with E-state index in [1.54, 1.807) is 49.6 Å². The van der Waals surface area contributed by atoms with Crippen LogP contribution in [0.3, 0.4) is 0 Å². The fourth-order valence-corrected chi connectivity index (χ4v) is 3.60. The van der Waals surface area contributed by atoms with Gasteiger partial charge in [-0.25, -0.2) is 4.39 Å². The number of nitrogens with zero attached hydrogens (tertiary/aromatic N) is 2. The summed E-state index contributed by atoms with van der Waals surface area (Å²) in [6, 6.07) is 20.1. The molecule has 3 aromatic carbocycles. The number of amides is 1. The summed E-state index contributed by atoms with van der Waals surface area (Å²) < 4.78 is 26.2. The minimum Gasteiger partial charge on any atom is -0.496 e. The molecule has 0 saturated carbocycles. The lowest BCUT2D eigenvalue weighted by Crippen LogP contribution is -2.08. The summed E-state index contributed by atoms with van der Waals surface area (Å²) in [5.41, 5.74) is 3.55. The second-order valence-electron chi connectivity index (χ2n) is 7.47. The Morgan fingerprint density at radius 2 is 1.62 bits per heavy atom. The van der Waals surface area contributed by atoms with E-state index in [-0.39, 0.29) is 11.8 Å². The number of methoxy groups -OCH3 is 1. The lowest BCUT2D eigenvalue weighted by atomic mass is 10.00. The monoisotopic (exact) mass is 459 g/mol. The van der Waals surface area contributed by atoms with Gasteiger partial charge in [-0.1, -0.05) is 24.3 Å². The molecule has 0 aliphatic heterocycles. The number of hydrogen-bond acceptors (Lipinski definition) is 5. The number of benzene rings is 3. The van der Waals surface area contributed by atoms with Crippen LogP contribution in [0.2, 0.25) is 0 Å². The van der Waals surface area contributed by atoms with Crippen molar-refractivity contribution in [2.45, 2.75) is 13.8 Å². The van der Waals surface area contributed by atoms with Crippen LogP contribution in [-0.4, -0.2) is 28.8 Å². The number of nitrogens with one attached hydrogen (secondary N) is 1. The molecule has 0 bridgehead atoms. The predicted molar refractivity (Wildman–Crippen MR) is 127 cm³/mol. The van der Waals surface area contributed by atoms with Gasteiger partial charge in [0.1, 0.15) is 17.3 Å².